The summed E-state index contributed by atoms with van der Waals surface area (Å²) in [5.74, 6) is 0. The van der Waals surface area contributed by atoms with Gasteiger partial charge in [0.25, 0.3) is 0 Å². The molecule has 102 valence electrons. The third-order valence-corrected chi connectivity index (χ3v) is 5.69. The first-order valence-corrected chi connectivity index (χ1v) is 7.85. The zero-order valence-electron chi connectivity index (χ0n) is 11.2. The molecule has 0 spiro atoms. The molecule has 1 aromatic heterocycles. The summed E-state index contributed by atoms with van der Waals surface area (Å²) in [6, 6.07) is 9.05. The average Bonchev–Trinajstić information content (AvgIpc) is 2.36. The topological polar surface area (TPSA) is 67.3 Å². The molecule has 1 aromatic carbocycles. The van der Waals surface area contributed by atoms with Gasteiger partial charge in [0, 0.05) is 17.8 Å². The maximum Gasteiger partial charge on any atom is 0.155 e. The van der Waals surface area contributed by atoms with E-state index in [1.165, 1.54) is 13.8 Å². The molecular formula is C14H17NO3S. The van der Waals surface area contributed by atoms with E-state index < -0.39 is 20.7 Å². The number of hydrogen-bond donors (Lipinski definition) is 1. The van der Waals surface area contributed by atoms with Gasteiger partial charge in [-0.2, -0.15) is 0 Å². The normalized spacial score (nSPS) is 14.5. The summed E-state index contributed by atoms with van der Waals surface area (Å²) in [6.45, 7) is 3.05. The predicted molar refractivity (Wildman–Crippen MR) is 75.6 cm³/mol. The molecule has 0 aliphatic heterocycles. The monoisotopic (exact) mass is 279 g/mol. The van der Waals surface area contributed by atoms with E-state index in [1.807, 2.05) is 18.2 Å². The minimum atomic E-state index is -3.37. The van der Waals surface area contributed by atoms with Crippen LogP contribution in [-0.2, 0) is 9.84 Å². The summed E-state index contributed by atoms with van der Waals surface area (Å²) in [4.78, 5) is 4.21. The van der Waals surface area contributed by atoms with Crippen LogP contribution in [0.3, 0.4) is 0 Å². The van der Waals surface area contributed by atoms with Crippen molar-refractivity contribution in [2.45, 2.75) is 24.7 Å². The molecule has 0 saturated carbocycles. The van der Waals surface area contributed by atoms with Crippen LogP contribution in [-0.4, -0.2) is 29.5 Å². The number of aliphatic hydroxyl groups excluding tert-OH is 1. The second kappa shape index (κ2) is 4.58. The minimum Gasteiger partial charge on any atom is -0.387 e. The molecule has 2 aromatic rings. The van der Waals surface area contributed by atoms with Crippen LogP contribution in [0.15, 0.2) is 36.5 Å². The number of aliphatic hydroxyl groups is 1. The minimum absolute atomic E-state index is 0.557. The van der Waals surface area contributed by atoms with E-state index >= 15 is 0 Å². The van der Waals surface area contributed by atoms with Crippen LogP contribution in [0.2, 0.25) is 0 Å². The van der Waals surface area contributed by atoms with E-state index in [-0.39, 0.29) is 0 Å². The van der Waals surface area contributed by atoms with Crippen LogP contribution in [0, 0.1) is 0 Å². The Morgan fingerprint density at radius 3 is 2.58 bits per heavy atom. The van der Waals surface area contributed by atoms with E-state index in [9.17, 15) is 13.5 Å². The standard InChI is InChI=1S/C14H17NO3S/c1-14(2,19(3,17)18)13(16)11-7-6-10-5-4-8-15-12(10)9-11/h4-9,13,16H,1-3H3. The van der Waals surface area contributed by atoms with Crippen LogP contribution in [0.5, 0.6) is 0 Å². The first-order valence-electron chi connectivity index (χ1n) is 5.96. The maximum absolute atomic E-state index is 11.8. The number of pyridine rings is 1. The molecule has 0 radical (unpaired) electrons. The average molecular weight is 279 g/mol. The summed E-state index contributed by atoms with van der Waals surface area (Å²) in [6.07, 6.45) is 1.71. The van der Waals surface area contributed by atoms with Gasteiger partial charge in [-0.05, 0) is 31.5 Å². The van der Waals surface area contributed by atoms with Gasteiger partial charge in [0.15, 0.2) is 9.84 Å². The maximum atomic E-state index is 11.8. The molecule has 5 heteroatoms. The Hall–Kier alpha value is -1.46. The van der Waals surface area contributed by atoms with Gasteiger partial charge < -0.3 is 5.11 Å². The smallest absolute Gasteiger partial charge is 0.155 e. The second-order valence-corrected chi connectivity index (χ2v) is 7.83. The first-order chi connectivity index (χ1) is 8.73. The van der Waals surface area contributed by atoms with E-state index in [1.54, 1.807) is 18.3 Å². The number of benzene rings is 1. The van der Waals surface area contributed by atoms with Crippen LogP contribution in [0.1, 0.15) is 25.5 Å². The number of sulfone groups is 1. The van der Waals surface area contributed by atoms with E-state index in [0.717, 1.165) is 17.2 Å². The van der Waals surface area contributed by atoms with E-state index in [0.29, 0.717) is 5.56 Å². The van der Waals surface area contributed by atoms with Gasteiger partial charge >= 0.3 is 0 Å². The molecule has 4 nitrogen and oxygen atoms in total. The number of nitrogens with zero attached hydrogens (tertiary/aromatic N) is 1. The summed E-state index contributed by atoms with van der Waals surface area (Å²) >= 11 is 0. The largest absolute Gasteiger partial charge is 0.387 e. The van der Waals surface area contributed by atoms with Crippen LogP contribution in [0.25, 0.3) is 10.9 Å². The van der Waals surface area contributed by atoms with Crippen molar-refractivity contribution in [3.05, 3.63) is 42.1 Å². The van der Waals surface area contributed by atoms with Crippen LogP contribution in [0.4, 0.5) is 0 Å². The molecule has 0 bridgehead atoms. The summed E-state index contributed by atoms with van der Waals surface area (Å²) in [5, 5.41) is 11.3. The van der Waals surface area contributed by atoms with Crippen molar-refractivity contribution < 1.29 is 13.5 Å². The number of fused-ring (bicyclic) bond motifs is 1. The molecule has 0 saturated heterocycles. The molecule has 2 rings (SSSR count). The highest BCUT2D eigenvalue weighted by atomic mass is 32.2. The third-order valence-electron chi connectivity index (χ3n) is 3.56. The number of rotatable bonds is 3. The fourth-order valence-electron chi connectivity index (χ4n) is 1.86. The van der Waals surface area contributed by atoms with Gasteiger partial charge in [-0.15, -0.1) is 0 Å². The van der Waals surface area contributed by atoms with Gasteiger partial charge in [0.1, 0.15) is 0 Å². The Bertz CT molecular complexity index is 707. The highest BCUT2D eigenvalue weighted by molar-refractivity contribution is 7.92. The Morgan fingerprint density at radius 2 is 1.95 bits per heavy atom. The lowest BCUT2D eigenvalue weighted by Gasteiger charge is -2.28. The number of hydrogen-bond acceptors (Lipinski definition) is 4. The highest BCUT2D eigenvalue weighted by Gasteiger charge is 2.38. The fraction of sp³-hybridized carbons (Fsp3) is 0.357. The van der Waals surface area contributed by atoms with Crippen molar-refractivity contribution in [3.63, 3.8) is 0 Å². The lowest BCUT2D eigenvalue weighted by atomic mass is 9.97. The Labute approximate surface area is 113 Å². The van der Waals surface area contributed by atoms with Crippen LogP contribution >= 0.6 is 0 Å². The Kier molecular flexibility index (Phi) is 3.36. The molecule has 1 N–H and O–H groups in total. The lowest BCUT2D eigenvalue weighted by Crippen LogP contribution is -2.37. The quantitative estimate of drug-likeness (QED) is 0.934. The Balaban J connectivity index is 2.50. The Morgan fingerprint density at radius 1 is 1.26 bits per heavy atom. The molecule has 1 heterocycles. The van der Waals surface area contributed by atoms with Gasteiger partial charge in [-0.3, -0.25) is 4.98 Å². The second-order valence-electron chi connectivity index (χ2n) is 5.23. The SMILES string of the molecule is CC(C)(C(O)c1ccc2cccnc2c1)S(C)(=O)=O. The molecule has 0 aliphatic rings. The van der Waals surface area contributed by atoms with Gasteiger partial charge in [0.2, 0.25) is 0 Å². The van der Waals surface area contributed by atoms with Crippen LogP contribution < -0.4 is 0 Å². The first kappa shape index (κ1) is 14.0. The van der Waals surface area contributed by atoms with Crippen molar-refractivity contribution in [1.82, 2.24) is 4.98 Å². The summed E-state index contributed by atoms with van der Waals surface area (Å²) in [5.41, 5.74) is 1.30. The fourth-order valence-corrected chi connectivity index (χ4v) is 2.40. The number of aromatic nitrogens is 1. The molecule has 1 atom stereocenters. The van der Waals surface area contributed by atoms with Crippen molar-refractivity contribution in [2.75, 3.05) is 6.26 Å². The van der Waals surface area contributed by atoms with Crippen molar-refractivity contribution in [2.24, 2.45) is 0 Å². The van der Waals surface area contributed by atoms with Gasteiger partial charge in [-0.25, -0.2) is 8.42 Å². The zero-order valence-corrected chi connectivity index (χ0v) is 12.0. The molecule has 0 fully saturated rings. The predicted octanol–water partition coefficient (Wildman–Crippen LogP) is 2.09. The van der Waals surface area contributed by atoms with E-state index in [2.05, 4.69) is 4.98 Å². The molecular weight excluding hydrogens is 262 g/mol. The van der Waals surface area contributed by atoms with E-state index in [4.69, 9.17) is 0 Å². The molecule has 0 amide bonds. The van der Waals surface area contributed by atoms with Crippen molar-refractivity contribution >= 4 is 20.7 Å². The molecule has 19 heavy (non-hydrogen) atoms. The summed E-state index contributed by atoms with van der Waals surface area (Å²) in [7, 11) is -3.37. The lowest BCUT2D eigenvalue weighted by molar-refractivity contribution is 0.139. The molecule has 1 unspecified atom stereocenters. The van der Waals surface area contributed by atoms with Gasteiger partial charge in [0.05, 0.1) is 16.4 Å². The summed E-state index contributed by atoms with van der Waals surface area (Å²) < 4.78 is 22.3. The highest BCUT2D eigenvalue weighted by Crippen LogP contribution is 2.33. The zero-order chi connectivity index (χ0) is 14.3. The third kappa shape index (κ3) is 2.48. The van der Waals surface area contributed by atoms with Crippen molar-refractivity contribution in [1.29, 1.82) is 0 Å². The van der Waals surface area contributed by atoms with Gasteiger partial charge in [-0.1, -0.05) is 18.2 Å². The van der Waals surface area contributed by atoms with Crippen molar-refractivity contribution in [3.8, 4) is 0 Å². The molecule has 0 aliphatic carbocycles.